The highest BCUT2D eigenvalue weighted by atomic mass is 35.5. The van der Waals surface area contributed by atoms with Crippen molar-refractivity contribution in [1.82, 2.24) is 9.88 Å². The van der Waals surface area contributed by atoms with Crippen molar-refractivity contribution in [2.24, 2.45) is 0 Å². The van der Waals surface area contributed by atoms with Gasteiger partial charge in [0, 0.05) is 30.0 Å². The maximum atomic E-state index is 6.01. The van der Waals surface area contributed by atoms with Gasteiger partial charge in [0.25, 0.3) is 0 Å². The number of hydrogen-bond acceptors (Lipinski definition) is 2. The van der Waals surface area contributed by atoms with Crippen molar-refractivity contribution >= 4 is 22.5 Å². The molecule has 2 nitrogen and oxygen atoms in total. The van der Waals surface area contributed by atoms with Gasteiger partial charge in [0.15, 0.2) is 0 Å². The molecule has 1 atom stereocenters. The van der Waals surface area contributed by atoms with Gasteiger partial charge in [0.05, 0.1) is 5.52 Å². The lowest BCUT2D eigenvalue weighted by molar-refractivity contribution is 0.263. The number of rotatable bonds is 3. The highest BCUT2D eigenvalue weighted by Crippen LogP contribution is 2.22. The first kappa shape index (κ1) is 11.9. The molecule has 0 spiro atoms. The van der Waals surface area contributed by atoms with E-state index in [9.17, 15) is 0 Å². The minimum atomic E-state index is 0.552. The van der Waals surface area contributed by atoms with E-state index in [1.54, 1.807) is 0 Å². The second-order valence-electron chi connectivity index (χ2n) is 4.95. The Bertz CT molecular complexity index is 541. The van der Waals surface area contributed by atoms with Crippen molar-refractivity contribution < 1.29 is 0 Å². The number of hydrogen-bond donors (Lipinski definition) is 0. The largest absolute Gasteiger partial charge is 0.295 e. The number of benzene rings is 1. The quantitative estimate of drug-likeness (QED) is 0.786. The average molecular weight is 261 g/mol. The second-order valence-corrected chi connectivity index (χ2v) is 5.26. The fourth-order valence-electron chi connectivity index (χ4n) is 2.74. The highest BCUT2D eigenvalue weighted by Gasteiger charge is 2.23. The van der Waals surface area contributed by atoms with E-state index in [2.05, 4.69) is 34.1 Å². The fraction of sp³-hybridized carbons (Fsp3) is 0.400. The zero-order chi connectivity index (χ0) is 12.4. The van der Waals surface area contributed by atoms with E-state index in [1.165, 1.54) is 30.3 Å². The van der Waals surface area contributed by atoms with Crippen LogP contribution in [-0.4, -0.2) is 28.4 Å². The minimum absolute atomic E-state index is 0.552. The first-order valence-corrected chi connectivity index (χ1v) is 7.04. The van der Waals surface area contributed by atoms with Gasteiger partial charge in [-0.1, -0.05) is 12.1 Å². The first-order valence-electron chi connectivity index (χ1n) is 6.50. The topological polar surface area (TPSA) is 16.1 Å². The van der Waals surface area contributed by atoms with Gasteiger partial charge >= 0.3 is 0 Å². The van der Waals surface area contributed by atoms with Crippen LogP contribution in [0.4, 0.5) is 0 Å². The molecule has 0 bridgehead atoms. The molecule has 1 unspecified atom stereocenters. The van der Waals surface area contributed by atoms with Gasteiger partial charge in [0.2, 0.25) is 0 Å². The summed E-state index contributed by atoms with van der Waals surface area (Å²) in [4.78, 5) is 6.84. The predicted octanol–water partition coefficient (Wildman–Crippen LogP) is 3.44. The lowest BCUT2D eigenvalue weighted by Crippen LogP contribution is -2.30. The molecule has 0 radical (unpaired) electrons. The second kappa shape index (κ2) is 5.25. The monoisotopic (exact) mass is 260 g/mol. The summed E-state index contributed by atoms with van der Waals surface area (Å²) in [5.74, 6) is 0.745. The van der Waals surface area contributed by atoms with E-state index in [-0.39, 0.29) is 0 Å². The van der Waals surface area contributed by atoms with Crippen LogP contribution in [0, 0.1) is 0 Å². The van der Waals surface area contributed by atoms with E-state index in [4.69, 9.17) is 11.6 Å². The predicted molar refractivity (Wildman–Crippen MR) is 75.9 cm³/mol. The third kappa shape index (κ3) is 2.36. The van der Waals surface area contributed by atoms with Crippen molar-refractivity contribution in [3.63, 3.8) is 0 Å². The molecule has 1 aromatic carbocycles. The van der Waals surface area contributed by atoms with Crippen molar-refractivity contribution in [3.05, 3.63) is 42.1 Å². The summed E-state index contributed by atoms with van der Waals surface area (Å²) in [6.07, 6.45) is 4.34. The van der Waals surface area contributed by atoms with E-state index in [1.807, 2.05) is 12.3 Å². The van der Waals surface area contributed by atoms with Crippen molar-refractivity contribution in [3.8, 4) is 0 Å². The molecule has 18 heavy (non-hydrogen) atoms. The van der Waals surface area contributed by atoms with Gasteiger partial charge in [-0.05, 0) is 43.1 Å². The number of nitrogens with zero attached hydrogens (tertiary/aromatic N) is 2. The van der Waals surface area contributed by atoms with Crippen LogP contribution in [0.2, 0.25) is 0 Å². The Hall–Kier alpha value is -1.12. The molecule has 0 N–H and O–H groups in total. The van der Waals surface area contributed by atoms with Gasteiger partial charge < -0.3 is 0 Å². The lowest BCUT2D eigenvalue weighted by atomic mass is 10.1. The van der Waals surface area contributed by atoms with E-state index in [0.717, 1.165) is 17.9 Å². The summed E-state index contributed by atoms with van der Waals surface area (Å²) in [6, 6.07) is 11.2. The molecule has 1 saturated heterocycles. The smallest absolute Gasteiger partial charge is 0.0702 e. The Morgan fingerprint density at radius 2 is 2.28 bits per heavy atom. The first-order chi connectivity index (χ1) is 8.86. The normalized spacial score (nSPS) is 20.6. The van der Waals surface area contributed by atoms with Gasteiger partial charge in [-0.2, -0.15) is 0 Å². The van der Waals surface area contributed by atoms with Crippen molar-refractivity contribution in [1.29, 1.82) is 0 Å². The van der Waals surface area contributed by atoms with E-state index in [0.29, 0.717) is 6.04 Å². The Balaban J connectivity index is 1.82. The molecular weight excluding hydrogens is 244 g/mol. The van der Waals surface area contributed by atoms with Gasteiger partial charge in [0.1, 0.15) is 0 Å². The maximum Gasteiger partial charge on any atom is 0.0702 e. The summed E-state index contributed by atoms with van der Waals surface area (Å²) >= 11 is 6.01. The molecular formula is C15H17ClN2. The number of aromatic nitrogens is 1. The molecule has 3 rings (SSSR count). The summed E-state index contributed by atoms with van der Waals surface area (Å²) in [5, 5.41) is 1.22. The molecule has 1 aliphatic heterocycles. The van der Waals surface area contributed by atoms with Crippen LogP contribution in [0.1, 0.15) is 18.4 Å². The fourth-order valence-corrected chi connectivity index (χ4v) is 3.09. The lowest BCUT2D eigenvalue weighted by Gasteiger charge is -2.22. The number of fused-ring (bicyclic) bond motifs is 1. The van der Waals surface area contributed by atoms with Crippen LogP contribution < -0.4 is 0 Å². The average Bonchev–Trinajstić information content (AvgIpc) is 2.86. The molecule has 1 aliphatic rings. The standard InChI is InChI=1S/C15H17ClN2/c16-10-14-4-2-8-18(14)11-12-5-6-15-13(9-12)3-1-7-17-15/h1,3,5-7,9,14H,2,4,8,10-11H2. The molecule has 0 saturated carbocycles. The van der Waals surface area contributed by atoms with Crippen LogP contribution in [0.15, 0.2) is 36.5 Å². The maximum absolute atomic E-state index is 6.01. The third-order valence-electron chi connectivity index (χ3n) is 3.73. The van der Waals surface area contributed by atoms with E-state index < -0.39 is 0 Å². The van der Waals surface area contributed by atoms with Gasteiger partial charge in [-0.3, -0.25) is 9.88 Å². The molecule has 2 heterocycles. The summed E-state index contributed by atoms with van der Waals surface area (Å²) in [5.41, 5.74) is 2.42. The molecule has 94 valence electrons. The molecule has 2 aromatic rings. The Kier molecular flexibility index (Phi) is 3.48. The number of alkyl halides is 1. The van der Waals surface area contributed by atoms with Crippen LogP contribution in [-0.2, 0) is 6.54 Å². The van der Waals surface area contributed by atoms with Crippen LogP contribution in [0.25, 0.3) is 10.9 Å². The SMILES string of the molecule is ClCC1CCCN1Cc1ccc2ncccc2c1. The van der Waals surface area contributed by atoms with E-state index >= 15 is 0 Å². The van der Waals surface area contributed by atoms with Crippen molar-refractivity contribution in [2.75, 3.05) is 12.4 Å². The molecule has 3 heteroatoms. The van der Waals surface area contributed by atoms with Crippen molar-refractivity contribution in [2.45, 2.75) is 25.4 Å². The Labute approximate surface area is 113 Å². The Morgan fingerprint density at radius 3 is 3.17 bits per heavy atom. The molecule has 0 aliphatic carbocycles. The summed E-state index contributed by atoms with van der Waals surface area (Å²) in [6.45, 7) is 2.17. The Morgan fingerprint density at radius 1 is 1.33 bits per heavy atom. The number of halogens is 1. The van der Waals surface area contributed by atoms with Crippen LogP contribution in [0.5, 0.6) is 0 Å². The highest BCUT2D eigenvalue weighted by molar-refractivity contribution is 6.18. The summed E-state index contributed by atoms with van der Waals surface area (Å²) < 4.78 is 0. The molecule has 1 aromatic heterocycles. The molecule has 1 fully saturated rings. The zero-order valence-electron chi connectivity index (χ0n) is 10.3. The van der Waals surface area contributed by atoms with Crippen LogP contribution >= 0.6 is 11.6 Å². The molecule has 0 amide bonds. The number of likely N-dealkylation sites (tertiary alicyclic amines) is 1. The number of pyridine rings is 1. The van der Waals surface area contributed by atoms with Crippen LogP contribution in [0.3, 0.4) is 0 Å². The van der Waals surface area contributed by atoms with Gasteiger partial charge in [-0.15, -0.1) is 11.6 Å². The third-order valence-corrected chi connectivity index (χ3v) is 4.09. The summed E-state index contributed by atoms with van der Waals surface area (Å²) in [7, 11) is 0. The minimum Gasteiger partial charge on any atom is -0.295 e. The zero-order valence-corrected chi connectivity index (χ0v) is 11.1. The van der Waals surface area contributed by atoms with Gasteiger partial charge in [-0.25, -0.2) is 0 Å².